The van der Waals surface area contributed by atoms with Gasteiger partial charge in [0.05, 0.1) is 5.75 Å². The van der Waals surface area contributed by atoms with E-state index < -0.39 is 10.0 Å². The summed E-state index contributed by atoms with van der Waals surface area (Å²) in [6.07, 6.45) is 5.48. The molecule has 1 aliphatic carbocycles. The van der Waals surface area contributed by atoms with E-state index in [1.165, 1.54) is 24.0 Å². The van der Waals surface area contributed by atoms with Gasteiger partial charge in [0.1, 0.15) is 0 Å². The Balaban J connectivity index is 1.75. The van der Waals surface area contributed by atoms with Crippen LogP contribution >= 0.6 is 0 Å². The Kier molecular flexibility index (Phi) is 5.60. The van der Waals surface area contributed by atoms with E-state index in [1.807, 2.05) is 38.1 Å². The summed E-state index contributed by atoms with van der Waals surface area (Å²) >= 11 is 0. The number of nitrogens with one attached hydrogen (secondary N) is 1. The maximum atomic E-state index is 12.6. The molecule has 0 saturated heterocycles. The van der Waals surface area contributed by atoms with Crippen LogP contribution in [-0.4, -0.2) is 8.42 Å². The molecule has 0 bridgehead atoms. The number of benzene rings is 2. The zero-order valence-electron chi connectivity index (χ0n) is 15.1. The molecule has 25 heavy (non-hydrogen) atoms. The van der Waals surface area contributed by atoms with Crippen LogP contribution in [0.15, 0.2) is 42.5 Å². The summed E-state index contributed by atoms with van der Waals surface area (Å²) in [7, 11) is -3.38. The molecule has 1 aliphatic rings. The Labute approximate surface area is 151 Å². The minimum atomic E-state index is -3.38. The minimum absolute atomic E-state index is 0.0225. The average Bonchev–Trinajstić information content (AvgIpc) is 2.61. The molecule has 3 rings (SSSR count). The van der Waals surface area contributed by atoms with Crippen LogP contribution in [0.3, 0.4) is 0 Å². The van der Waals surface area contributed by atoms with E-state index in [0.717, 1.165) is 36.0 Å². The zero-order valence-corrected chi connectivity index (χ0v) is 15.9. The summed E-state index contributed by atoms with van der Waals surface area (Å²) in [6, 6.07) is 14.0. The van der Waals surface area contributed by atoms with Gasteiger partial charge in [-0.3, -0.25) is 0 Å². The third-order valence-corrected chi connectivity index (χ3v) is 6.34. The first-order valence-corrected chi connectivity index (χ1v) is 10.8. The van der Waals surface area contributed by atoms with E-state index in [2.05, 4.69) is 22.9 Å². The van der Waals surface area contributed by atoms with Gasteiger partial charge in [-0.1, -0.05) is 55.0 Å². The summed E-state index contributed by atoms with van der Waals surface area (Å²) in [4.78, 5) is 0. The lowest BCUT2D eigenvalue weighted by Crippen LogP contribution is -2.29. The molecule has 0 spiro atoms. The molecule has 1 unspecified atom stereocenters. The van der Waals surface area contributed by atoms with Crippen molar-refractivity contribution in [3.05, 3.63) is 70.3 Å². The normalized spacial score (nSPS) is 15.6. The fraction of sp³-hybridized carbons (Fsp3) is 0.429. The fourth-order valence-corrected chi connectivity index (χ4v) is 4.97. The van der Waals surface area contributed by atoms with E-state index in [-0.39, 0.29) is 11.8 Å². The maximum absolute atomic E-state index is 12.6. The van der Waals surface area contributed by atoms with E-state index in [4.69, 9.17) is 0 Å². The fourth-order valence-electron chi connectivity index (χ4n) is 3.52. The lowest BCUT2D eigenvalue weighted by atomic mass is 9.89. The van der Waals surface area contributed by atoms with Gasteiger partial charge < -0.3 is 0 Å². The van der Waals surface area contributed by atoms with Crippen LogP contribution in [-0.2, 0) is 28.6 Å². The van der Waals surface area contributed by atoms with Crippen LogP contribution in [0, 0.1) is 6.92 Å². The molecule has 1 N–H and O–H groups in total. The Morgan fingerprint density at radius 2 is 1.68 bits per heavy atom. The average molecular weight is 358 g/mol. The Morgan fingerprint density at radius 1 is 1.00 bits per heavy atom. The molecule has 2 aromatic rings. The molecule has 0 saturated carbocycles. The second-order valence-corrected chi connectivity index (χ2v) is 8.81. The highest BCUT2D eigenvalue weighted by atomic mass is 32.2. The summed E-state index contributed by atoms with van der Waals surface area (Å²) in [5, 5.41) is 0. The molecule has 0 heterocycles. The van der Waals surface area contributed by atoms with Gasteiger partial charge in [-0.2, -0.15) is 0 Å². The van der Waals surface area contributed by atoms with Crippen molar-refractivity contribution >= 4 is 10.0 Å². The number of fused-ring (bicyclic) bond motifs is 1. The standard InChI is InChI=1S/C21H27NO2S/c1-3-21(20-13-12-18-6-4-5-7-19(18)14-20)22-25(23,24)15-17-10-8-16(2)9-11-17/h8-14,21-22H,3-7,15H2,1-2H3. The van der Waals surface area contributed by atoms with Gasteiger partial charge in [-0.05, 0) is 61.3 Å². The van der Waals surface area contributed by atoms with Crippen LogP contribution in [0.4, 0.5) is 0 Å². The molecular formula is C21H27NO2S. The SMILES string of the molecule is CCC(NS(=O)(=O)Cc1ccc(C)cc1)c1ccc2c(c1)CCCC2. The lowest BCUT2D eigenvalue weighted by molar-refractivity contribution is 0.548. The van der Waals surface area contributed by atoms with Gasteiger partial charge in [-0.25, -0.2) is 13.1 Å². The molecule has 0 radical (unpaired) electrons. The van der Waals surface area contributed by atoms with Crippen molar-refractivity contribution in [3.63, 3.8) is 0 Å². The lowest BCUT2D eigenvalue weighted by Gasteiger charge is -2.21. The molecule has 1 atom stereocenters. The number of hydrogen-bond donors (Lipinski definition) is 1. The first-order chi connectivity index (χ1) is 12.0. The third kappa shape index (κ3) is 4.71. The quantitative estimate of drug-likeness (QED) is 0.830. The van der Waals surface area contributed by atoms with Crippen LogP contribution in [0.1, 0.15) is 60.0 Å². The zero-order chi connectivity index (χ0) is 17.9. The highest BCUT2D eigenvalue weighted by molar-refractivity contribution is 7.88. The summed E-state index contributed by atoms with van der Waals surface area (Å²) in [5.74, 6) is 0.0225. The van der Waals surface area contributed by atoms with Crippen LogP contribution in [0.25, 0.3) is 0 Å². The van der Waals surface area contributed by atoms with Crippen molar-refractivity contribution in [2.75, 3.05) is 0 Å². The van der Waals surface area contributed by atoms with E-state index >= 15 is 0 Å². The number of rotatable bonds is 6. The maximum Gasteiger partial charge on any atom is 0.216 e. The van der Waals surface area contributed by atoms with Gasteiger partial charge in [0, 0.05) is 6.04 Å². The molecule has 0 aliphatic heterocycles. The molecule has 3 nitrogen and oxygen atoms in total. The molecule has 0 aromatic heterocycles. The molecule has 0 fully saturated rings. The molecular weight excluding hydrogens is 330 g/mol. The molecule has 0 amide bonds. The Bertz CT molecular complexity index is 825. The van der Waals surface area contributed by atoms with Crippen molar-refractivity contribution in [3.8, 4) is 0 Å². The number of hydrogen-bond acceptors (Lipinski definition) is 2. The van der Waals surface area contributed by atoms with E-state index in [9.17, 15) is 8.42 Å². The van der Waals surface area contributed by atoms with Crippen LogP contribution in [0.5, 0.6) is 0 Å². The van der Waals surface area contributed by atoms with Gasteiger partial charge in [0.2, 0.25) is 10.0 Å². The van der Waals surface area contributed by atoms with Crippen molar-refractivity contribution in [2.45, 2.75) is 57.7 Å². The van der Waals surface area contributed by atoms with E-state index in [0.29, 0.717) is 0 Å². The topological polar surface area (TPSA) is 46.2 Å². The monoisotopic (exact) mass is 357 g/mol. The van der Waals surface area contributed by atoms with Crippen LogP contribution < -0.4 is 4.72 Å². The van der Waals surface area contributed by atoms with Crippen molar-refractivity contribution in [1.29, 1.82) is 0 Å². The first kappa shape index (κ1) is 18.2. The minimum Gasteiger partial charge on any atom is -0.212 e. The van der Waals surface area contributed by atoms with Gasteiger partial charge in [0.25, 0.3) is 0 Å². The van der Waals surface area contributed by atoms with Gasteiger partial charge >= 0.3 is 0 Å². The second-order valence-electron chi connectivity index (χ2n) is 7.06. The largest absolute Gasteiger partial charge is 0.216 e. The Morgan fingerprint density at radius 3 is 2.36 bits per heavy atom. The second kappa shape index (κ2) is 7.71. The highest BCUT2D eigenvalue weighted by Crippen LogP contribution is 2.26. The van der Waals surface area contributed by atoms with Gasteiger partial charge in [-0.15, -0.1) is 0 Å². The number of aryl methyl sites for hydroxylation is 3. The van der Waals surface area contributed by atoms with Crippen LogP contribution in [0.2, 0.25) is 0 Å². The van der Waals surface area contributed by atoms with Crippen molar-refractivity contribution in [1.82, 2.24) is 4.72 Å². The van der Waals surface area contributed by atoms with Crippen molar-refractivity contribution in [2.24, 2.45) is 0 Å². The smallest absolute Gasteiger partial charge is 0.212 e. The predicted octanol–water partition coefficient (Wildman–Crippen LogP) is 4.44. The highest BCUT2D eigenvalue weighted by Gasteiger charge is 2.20. The molecule has 4 heteroatoms. The summed E-state index contributed by atoms with van der Waals surface area (Å²) in [5.41, 5.74) is 5.84. The summed E-state index contributed by atoms with van der Waals surface area (Å²) < 4.78 is 28.1. The summed E-state index contributed by atoms with van der Waals surface area (Å²) in [6.45, 7) is 4.03. The van der Waals surface area contributed by atoms with E-state index in [1.54, 1.807) is 0 Å². The third-order valence-electron chi connectivity index (χ3n) is 4.98. The Hall–Kier alpha value is -1.65. The van der Waals surface area contributed by atoms with Crippen molar-refractivity contribution < 1.29 is 8.42 Å². The predicted molar refractivity (Wildman–Crippen MR) is 103 cm³/mol. The number of sulfonamides is 1. The van der Waals surface area contributed by atoms with Gasteiger partial charge in [0.15, 0.2) is 0 Å². The molecule has 2 aromatic carbocycles. The molecule has 134 valence electrons. The first-order valence-electron chi connectivity index (χ1n) is 9.14.